The number of hydrogen-bond donors (Lipinski definition) is 1. The van der Waals surface area contributed by atoms with E-state index in [-0.39, 0.29) is 12.1 Å². The van der Waals surface area contributed by atoms with Crippen molar-refractivity contribution in [2.24, 2.45) is 7.05 Å². The van der Waals surface area contributed by atoms with Gasteiger partial charge in [-0.1, -0.05) is 0 Å². The van der Waals surface area contributed by atoms with Gasteiger partial charge in [-0.25, -0.2) is 9.78 Å². The van der Waals surface area contributed by atoms with Gasteiger partial charge in [0.25, 0.3) is 0 Å². The third kappa shape index (κ3) is 3.88. The van der Waals surface area contributed by atoms with Crippen molar-refractivity contribution in [1.29, 1.82) is 0 Å². The maximum Gasteiger partial charge on any atom is 0.322 e. The first-order chi connectivity index (χ1) is 13.7. The van der Waals surface area contributed by atoms with E-state index < -0.39 is 0 Å². The van der Waals surface area contributed by atoms with Crippen LogP contribution in [0.4, 0.5) is 10.5 Å². The molecular formula is C21H25N5O2. The second-order valence-corrected chi connectivity index (χ2v) is 6.95. The van der Waals surface area contributed by atoms with Crippen LogP contribution in [0.5, 0.6) is 5.75 Å². The van der Waals surface area contributed by atoms with Crippen molar-refractivity contribution in [1.82, 2.24) is 19.0 Å². The number of aromatic nitrogens is 3. The first-order valence-corrected chi connectivity index (χ1v) is 9.59. The summed E-state index contributed by atoms with van der Waals surface area (Å²) >= 11 is 0. The van der Waals surface area contributed by atoms with Crippen LogP contribution in [0.15, 0.2) is 55.1 Å². The topological polar surface area (TPSA) is 64.3 Å². The standard InChI is InChI=1S/C21H25N5O2/c1-3-28-19-9-6-16(14-18(19)25-11-4-5-12-25)23-21(27)26(17-7-8-17)15-20-22-10-13-24(20)2/h4-6,9-14,17H,3,7-8,15H2,1-2H3,(H,23,27). The van der Waals surface area contributed by atoms with Crippen molar-refractivity contribution in [2.45, 2.75) is 32.4 Å². The number of rotatable bonds is 7. The van der Waals surface area contributed by atoms with Crippen LogP contribution in [0.1, 0.15) is 25.6 Å². The number of imidazole rings is 1. The minimum absolute atomic E-state index is 0.104. The van der Waals surface area contributed by atoms with Crippen LogP contribution in [0.25, 0.3) is 5.69 Å². The monoisotopic (exact) mass is 379 g/mol. The number of nitrogens with zero attached hydrogens (tertiary/aromatic N) is 4. The summed E-state index contributed by atoms with van der Waals surface area (Å²) in [5.41, 5.74) is 1.63. The molecule has 0 saturated heterocycles. The molecule has 0 unspecified atom stereocenters. The van der Waals surface area contributed by atoms with Gasteiger partial charge >= 0.3 is 6.03 Å². The van der Waals surface area contributed by atoms with E-state index in [1.807, 2.05) is 76.9 Å². The van der Waals surface area contributed by atoms with Gasteiger partial charge in [0.15, 0.2) is 0 Å². The van der Waals surface area contributed by atoms with E-state index in [2.05, 4.69) is 10.3 Å². The number of benzene rings is 1. The van der Waals surface area contributed by atoms with Crippen LogP contribution in [0.3, 0.4) is 0 Å². The lowest BCUT2D eigenvalue weighted by atomic mass is 10.2. The Labute approximate surface area is 164 Å². The molecule has 0 spiro atoms. The summed E-state index contributed by atoms with van der Waals surface area (Å²) in [6, 6.07) is 9.81. The molecule has 2 amide bonds. The van der Waals surface area contributed by atoms with Gasteiger partial charge in [-0.15, -0.1) is 0 Å². The number of aryl methyl sites for hydroxylation is 1. The number of nitrogens with one attached hydrogen (secondary N) is 1. The highest BCUT2D eigenvalue weighted by molar-refractivity contribution is 5.90. The van der Waals surface area contributed by atoms with E-state index in [0.717, 1.165) is 35.8 Å². The van der Waals surface area contributed by atoms with Crippen molar-refractivity contribution >= 4 is 11.7 Å². The molecular weight excluding hydrogens is 354 g/mol. The summed E-state index contributed by atoms with van der Waals surface area (Å²) in [6.07, 6.45) is 9.65. The lowest BCUT2D eigenvalue weighted by molar-refractivity contribution is 0.204. The maximum absolute atomic E-state index is 13.0. The Balaban J connectivity index is 1.54. The Morgan fingerprint density at radius 1 is 1.29 bits per heavy atom. The van der Waals surface area contributed by atoms with Crippen LogP contribution in [0.2, 0.25) is 0 Å². The number of anilines is 1. The van der Waals surface area contributed by atoms with E-state index >= 15 is 0 Å². The highest BCUT2D eigenvalue weighted by Crippen LogP contribution is 2.30. The van der Waals surface area contributed by atoms with Gasteiger partial charge in [-0.3, -0.25) is 0 Å². The second kappa shape index (κ2) is 7.80. The van der Waals surface area contributed by atoms with Gasteiger partial charge < -0.3 is 24.1 Å². The highest BCUT2D eigenvalue weighted by Gasteiger charge is 2.33. The fourth-order valence-corrected chi connectivity index (χ4v) is 3.22. The van der Waals surface area contributed by atoms with Gasteiger partial charge in [0.1, 0.15) is 11.6 Å². The minimum atomic E-state index is -0.104. The second-order valence-electron chi connectivity index (χ2n) is 6.95. The first kappa shape index (κ1) is 18.2. The Kier molecular flexibility index (Phi) is 5.06. The zero-order valence-corrected chi connectivity index (χ0v) is 16.2. The number of carbonyl (C=O) groups is 1. The molecule has 0 aliphatic heterocycles. The molecule has 0 bridgehead atoms. The Morgan fingerprint density at radius 3 is 2.71 bits per heavy atom. The molecule has 1 aliphatic rings. The zero-order chi connectivity index (χ0) is 19.5. The van der Waals surface area contributed by atoms with Crippen LogP contribution in [0, 0.1) is 0 Å². The van der Waals surface area contributed by atoms with Gasteiger partial charge in [-0.2, -0.15) is 0 Å². The third-order valence-corrected chi connectivity index (χ3v) is 4.87. The quantitative estimate of drug-likeness (QED) is 0.679. The summed E-state index contributed by atoms with van der Waals surface area (Å²) in [7, 11) is 1.95. The van der Waals surface area contributed by atoms with E-state index in [1.54, 1.807) is 6.20 Å². The molecule has 7 heteroatoms. The summed E-state index contributed by atoms with van der Waals surface area (Å²) in [5, 5.41) is 3.05. The lowest BCUT2D eigenvalue weighted by Gasteiger charge is -2.23. The van der Waals surface area contributed by atoms with Crippen molar-refractivity contribution in [2.75, 3.05) is 11.9 Å². The average molecular weight is 379 g/mol. The number of urea groups is 1. The molecule has 7 nitrogen and oxygen atoms in total. The molecule has 1 aliphatic carbocycles. The summed E-state index contributed by atoms with van der Waals surface area (Å²) in [6.45, 7) is 3.04. The fraction of sp³-hybridized carbons (Fsp3) is 0.333. The fourth-order valence-electron chi connectivity index (χ4n) is 3.22. The third-order valence-electron chi connectivity index (χ3n) is 4.87. The molecule has 2 aromatic heterocycles. The van der Waals surface area contributed by atoms with Crippen LogP contribution < -0.4 is 10.1 Å². The molecule has 0 radical (unpaired) electrons. The Bertz CT molecular complexity index is 944. The summed E-state index contributed by atoms with van der Waals surface area (Å²) in [5.74, 6) is 1.66. The zero-order valence-electron chi connectivity index (χ0n) is 16.2. The van der Waals surface area contributed by atoms with E-state index in [0.29, 0.717) is 13.2 Å². The maximum atomic E-state index is 13.0. The Morgan fingerprint density at radius 2 is 2.07 bits per heavy atom. The van der Waals surface area contributed by atoms with Gasteiger partial charge in [0.2, 0.25) is 0 Å². The molecule has 146 valence electrons. The molecule has 1 aromatic carbocycles. The summed E-state index contributed by atoms with van der Waals surface area (Å²) in [4.78, 5) is 19.2. The predicted octanol–water partition coefficient (Wildman–Crippen LogP) is 3.81. The molecule has 2 heterocycles. The van der Waals surface area contributed by atoms with Crippen LogP contribution in [-0.2, 0) is 13.6 Å². The Hall–Kier alpha value is -3.22. The van der Waals surface area contributed by atoms with Crippen molar-refractivity contribution < 1.29 is 9.53 Å². The average Bonchev–Trinajstić information content (AvgIpc) is 3.21. The van der Waals surface area contributed by atoms with Gasteiger partial charge in [-0.05, 0) is 50.1 Å². The molecule has 1 saturated carbocycles. The normalized spacial score (nSPS) is 13.4. The summed E-state index contributed by atoms with van der Waals surface area (Å²) < 4.78 is 9.67. The van der Waals surface area contributed by atoms with E-state index in [4.69, 9.17) is 4.74 Å². The van der Waals surface area contributed by atoms with Gasteiger partial charge in [0, 0.05) is 43.6 Å². The smallest absolute Gasteiger partial charge is 0.322 e. The molecule has 28 heavy (non-hydrogen) atoms. The van der Waals surface area contributed by atoms with Crippen LogP contribution in [-0.4, -0.2) is 37.7 Å². The molecule has 4 rings (SSSR count). The lowest BCUT2D eigenvalue weighted by Crippen LogP contribution is -2.37. The molecule has 1 N–H and O–H groups in total. The largest absolute Gasteiger partial charge is 0.492 e. The number of ether oxygens (including phenoxy) is 1. The number of amides is 2. The first-order valence-electron chi connectivity index (χ1n) is 9.59. The van der Waals surface area contributed by atoms with Crippen molar-refractivity contribution in [3.05, 3.63) is 60.9 Å². The van der Waals surface area contributed by atoms with E-state index in [9.17, 15) is 4.79 Å². The minimum Gasteiger partial charge on any atom is -0.492 e. The number of hydrogen-bond acceptors (Lipinski definition) is 3. The molecule has 3 aromatic rings. The van der Waals surface area contributed by atoms with Crippen LogP contribution >= 0.6 is 0 Å². The van der Waals surface area contributed by atoms with E-state index in [1.165, 1.54) is 0 Å². The molecule has 1 fully saturated rings. The predicted molar refractivity (Wildman–Crippen MR) is 108 cm³/mol. The molecule has 0 atom stereocenters. The van der Waals surface area contributed by atoms with Crippen molar-refractivity contribution in [3.63, 3.8) is 0 Å². The SMILES string of the molecule is CCOc1ccc(NC(=O)N(Cc2nccn2C)C2CC2)cc1-n1cccc1. The number of carbonyl (C=O) groups excluding carboxylic acids is 1. The van der Waals surface area contributed by atoms with Crippen molar-refractivity contribution in [3.8, 4) is 11.4 Å². The van der Waals surface area contributed by atoms with Gasteiger partial charge in [0.05, 0.1) is 18.8 Å². The highest BCUT2D eigenvalue weighted by atomic mass is 16.5.